The van der Waals surface area contributed by atoms with Gasteiger partial charge < -0.3 is 0 Å². The van der Waals surface area contributed by atoms with Crippen molar-refractivity contribution in [1.29, 1.82) is 0 Å². The van der Waals surface area contributed by atoms with E-state index >= 15 is 0 Å². The molecule has 0 aliphatic rings. The largest absolute Gasteiger partial charge is 0.248 e. The summed E-state index contributed by atoms with van der Waals surface area (Å²) in [6, 6.07) is 25.5. The number of pyridine rings is 1. The van der Waals surface area contributed by atoms with E-state index in [1.165, 1.54) is 27.3 Å². The Morgan fingerprint density at radius 2 is 1.52 bits per heavy atom. The quantitative estimate of drug-likeness (QED) is 0.451. The Morgan fingerprint density at radius 3 is 2.43 bits per heavy atom. The van der Waals surface area contributed by atoms with Crippen LogP contribution >= 0.6 is 0 Å². The summed E-state index contributed by atoms with van der Waals surface area (Å²) in [5.41, 5.74) is 4.47. The predicted molar refractivity (Wildman–Crippen MR) is 99.4 cm³/mol. The van der Waals surface area contributed by atoms with E-state index in [1.807, 2.05) is 0 Å². The van der Waals surface area contributed by atoms with Gasteiger partial charge in [-0.25, -0.2) is 4.98 Å². The Kier molecular flexibility index (Phi) is 3.39. The van der Waals surface area contributed by atoms with E-state index in [1.54, 1.807) is 0 Å². The molecule has 0 atom stereocenters. The van der Waals surface area contributed by atoms with Crippen molar-refractivity contribution in [2.45, 2.75) is 6.92 Å². The van der Waals surface area contributed by atoms with Crippen LogP contribution in [0.25, 0.3) is 33.8 Å². The molecule has 4 rings (SSSR count). The average molecular weight is 295 g/mol. The molecular formula is C22H17N. The molecule has 0 N–H and O–H groups in total. The second-order valence-corrected chi connectivity index (χ2v) is 5.87. The number of benzene rings is 3. The van der Waals surface area contributed by atoms with Gasteiger partial charge in [0.15, 0.2) is 0 Å². The summed E-state index contributed by atoms with van der Waals surface area (Å²) in [4.78, 5) is 4.71. The SMILES string of the molecule is Cc1ccc2nc(/C=C/c3ccc4ccccc4c3)ccc2c1. The molecule has 0 fully saturated rings. The van der Waals surface area contributed by atoms with Gasteiger partial charge in [-0.15, -0.1) is 0 Å². The molecule has 1 heterocycles. The van der Waals surface area contributed by atoms with Crippen molar-refractivity contribution in [3.05, 3.63) is 89.6 Å². The minimum Gasteiger partial charge on any atom is -0.248 e. The highest BCUT2D eigenvalue weighted by molar-refractivity contribution is 5.86. The van der Waals surface area contributed by atoms with Crippen LogP contribution in [0.1, 0.15) is 16.8 Å². The summed E-state index contributed by atoms with van der Waals surface area (Å²) < 4.78 is 0. The van der Waals surface area contributed by atoms with Gasteiger partial charge in [0.05, 0.1) is 11.2 Å². The number of aryl methyl sites for hydroxylation is 1. The molecule has 0 saturated heterocycles. The highest BCUT2D eigenvalue weighted by atomic mass is 14.7. The van der Waals surface area contributed by atoms with Crippen LogP contribution in [-0.2, 0) is 0 Å². The molecule has 1 heteroatoms. The molecule has 4 aromatic rings. The average Bonchev–Trinajstić information content (AvgIpc) is 2.59. The zero-order valence-electron chi connectivity index (χ0n) is 13.0. The fourth-order valence-corrected chi connectivity index (χ4v) is 2.85. The Labute approximate surface area is 135 Å². The van der Waals surface area contributed by atoms with Crippen LogP contribution in [0.15, 0.2) is 72.8 Å². The van der Waals surface area contributed by atoms with Gasteiger partial charge in [-0.1, -0.05) is 60.2 Å². The summed E-state index contributed by atoms with van der Waals surface area (Å²) in [5, 5.41) is 3.72. The molecule has 0 amide bonds. The molecule has 0 bridgehead atoms. The lowest BCUT2D eigenvalue weighted by Gasteiger charge is -2.01. The Bertz CT molecular complexity index is 1030. The summed E-state index contributed by atoms with van der Waals surface area (Å²) in [7, 11) is 0. The van der Waals surface area contributed by atoms with Gasteiger partial charge in [-0.2, -0.15) is 0 Å². The molecule has 1 nitrogen and oxygen atoms in total. The minimum absolute atomic E-state index is 0.981. The van der Waals surface area contributed by atoms with Crippen molar-refractivity contribution in [1.82, 2.24) is 4.98 Å². The fourth-order valence-electron chi connectivity index (χ4n) is 2.85. The van der Waals surface area contributed by atoms with Crippen LogP contribution in [-0.4, -0.2) is 4.98 Å². The van der Waals surface area contributed by atoms with E-state index in [0.29, 0.717) is 0 Å². The highest BCUT2D eigenvalue weighted by Crippen LogP contribution is 2.18. The monoisotopic (exact) mass is 295 g/mol. The van der Waals surface area contributed by atoms with Crippen LogP contribution < -0.4 is 0 Å². The normalized spacial score (nSPS) is 11.5. The second kappa shape index (κ2) is 5.69. The molecule has 0 aliphatic carbocycles. The van der Waals surface area contributed by atoms with E-state index < -0.39 is 0 Å². The van der Waals surface area contributed by atoms with Crippen LogP contribution in [0, 0.1) is 6.92 Å². The topological polar surface area (TPSA) is 12.9 Å². The standard InChI is InChI=1S/C22H17N/c1-16-6-13-22-20(14-16)10-12-21(23-22)11-8-17-7-9-18-4-2-3-5-19(18)15-17/h2-15H,1H3/b11-8+. The molecule has 1 aromatic heterocycles. The molecule has 0 saturated carbocycles. The molecule has 0 spiro atoms. The maximum atomic E-state index is 4.71. The third-order valence-corrected chi connectivity index (χ3v) is 4.09. The van der Waals surface area contributed by atoms with Crippen LogP contribution in [0.3, 0.4) is 0 Å². The van der Waals surface area contributed by atoms with Crippen LogP contribution in [0.4, 0.5) is 0 Å². The fraction of sp³-hybridized carbons (Fsp3) is 0.0455. The number of nitrogens with zero attached hydrogens (tertiary/aromatic N) is 1. The van der Waals surface area contributed by atoms with E-state index in [2.05, 4.69) is 91.9 Å². The first-order valence-electron chi connectivity index (χ1n) is 7.82. The maximum absolute atomic E-state index is 4.71. The number of hydrogen-bond donors (Lipinski definition) is 0. The number of hydrogen-bond acceptors (Lipinski definition) is 1. The molecule has 3 aromatic carbocycles. The maximum Gasteiger partial charge on any atom is 0.0709 e. The molecule has 0 aliphatic heterocycles. The lowest BCUT2D eigenvalue weighted by atomic mass is 10.1. The number of rotatable bonds is 2. The Hall–Kier alpha value is -2.93. The summed E-state index contributed by atoms with van der Waals surface area (Å²) in [5.74, 6) is 0. The Morgan fingerprint density at radius 1 is 0.696 bits per heavy atom. The second-order valence-electron chi connectivity index (χ2n) is 5.87. The number of fused-ring (bicyclic) bond motifs is 2. The van der Waals surface area contributed by atoms with Gasteiger partial charge >= 0.3 is 0 Å². The molecule has 0 radical (unpaired) electrons. The van der Waals surface area contributed by atoms with Crippen molar-refractivity contribution >= 4 is 33.8 Å². The van der Waals surface area contributed by atoms with Crippen molar-refractivity contribution in [2.75, 3.05) is 0 Å². The first-order valence-corrected chi connectivity index (χ1v) is 7.82. The van der Waals surface area contributed by atoms with Crippen molar-refractivity contribution < 1.29 is 0 Å². The first kappa shape index (κ1) is 13.7. The van der Waals surface area contributed by atoms with Gasteiger partial charge in [0.1, 0.15) is 0 Å². The van der Waals surface area contributed by atoms with Gasteiger partial charge in [-0.3, -0.25) is 0 Å². The van der Waals surface area contributed by atoms with Gasteiger partial charge in [-0.05, 0) is 53.6 Å². The van der Waals surface area contributed by atoms with E-state index in [9.17, 15) is 0 Å². The molecule has 23 heavy (non-hydrogen) atoms. The summed E-state index contributed by atoms with van der Waals surface area (Å²) >= 11 is 0. The van der Waals surface area contributed by atoms with Gasteiger partial charge in [0.25, 0.3) is 0 Å². The smallest absolute Gasteiger partial charge is 0.0709 e. The lowest BCUT2D eigenvalue weighted by molar-refractivity contribution is 1.36. The van der Waals surface area contributed by atoms with E-state index in [-0.39, 0.29) is 0 Å². The first-order chi connectivity index (χ1) is 11.3. The zero-order valence-corrected chi connectivity index (χ0v) is 13.0. The lowest BCUT2D eigenvalue weighted by Crippen LogP contribution is -1.84. The third-order valence-electron chi connectivity index (χ3n) is 4.09. The van der Waals surface area contributed by atoms with Crippen LogP contribution in [0.2, 0.25) is 0 Å². The van der Waals surface area contributed by atoms with Crippen molar-refractivity contribution in [3.63, 3.8) is 0 Å². The van der Waals surface area contributed by atoms with Crippen LogP contribution in [0.5, 0.6) is 0 Å². The van der Waals surface area contributed by atoms with Crippen molar-refractivity contribution in [3.8, 4) is 0 Å². The van der Waals surface area contributed by atoms with Crippen molar-refractivity contribution in [2.24, 2.45) is 0 Å². The van der Waals surface area contributed by atoms with E-state index in [0.717, 1.165) is 11.2 Å². The van der Waals surface area contributed by atoms with Gasteiger partial charge in [0, 0.05) is 5.39 Å². The third kappa shape index (κ3) is 2.86. The number of aromatic nitrogens is 1. The van der Waals surface area contributed by atoms with E-state index in [4.69, 9.17) is 4.98 Å². The molecule has 110 valence electrons. The highest BCUT2D eigenvalue weighted by Gasteiger charge is 1.97. The zero-order chi connectivity index (χ0) is 15.6. The predicted octanol–water partition coefficient (Wildman–Crippen LogP) is 5.87. The summed E-state index contributed by atoms with van der Waals surface area (Å²) in [6.07, 6.45) is 4.19. The van der Waals surface area contributed by atoms with Gasteiger partial charge in [0.2, 0.25) is 0 Å². The Balaban J connectivity index is 1.67. The minimum atomic E-state index is 0.981. The molecule has 0 unspecified atom stereocenters. The molecular weight excluding hydrogens is 278 g/mol. The summed E-state index contributed by atoms with van der Waals surface area (Å²) in [6.45, 7) is 2.10.